The lowest BCUT2D eigenvalue weighted by atomic mass is 10.1. The summed E-state index contributed by atoms with van der Waals surface area (Å²) in [6.07, 6.45) is 1.76. The molecule has 0 bridgehead atoms. The molecule has 0 aliphatic carbocycles. The zero-order chi connectivity index (χ0) is 20.2. The van der Waals surface area contributed by atoms with Crippen molar-refractivity contribution in [2.45, 2.75) is 19.1 Å². The van der Waals surface area contributed by atoms with Gasteiger partial charge >= 0.3 is 5.97 Å². The maximum atomic E-state index is 11.4. The van der Waals surface area contributed by atoms with Gasteiger partial charge in [-0.25, -0.2) is 0 Å². The number of benzene rings is 3. The summed E-state index contributed by atoms with van der Waals surface area (Å²) in [7, 11) is 0. The Labute approximate surface area is 174 Å². The molecule has 29 heavy (non-hydrogen) atoms. The molecule has 0 aliphatic heterocycles. The fourth-order valence-corrected chi connectivity index (χ4v) is 3.86. The van der Waals surface area contributed by atoms with Crippen LogP contribution in [0.1, 0.15) is 22.9 Å². The Morgan fingerprint density at radius 1 is 0.931 bits per heavy atom. The number of aromatic nitrogens is 1. The Morgan fingerprint density at radius 3 is 2.38 bits per heavy atom. The molecular weight excluding hydrogens is 384 g/mol. The molecule has 5 heteroatoms. The molecule has 0 fully saturated rings. The molecule has 2 N–H and O–H groups in total. The Morgan fingerprint density at radius 2 is 1.62 bits per heavy atom. The highest BCUT2D eigenvalue weighted by Crippen LogP contribution is 2.28. The number of nitrogens with one attached hydrogen (secondary N) is 1. The average molecular weight is 405 g/mol. The molecule has 0 radical (unpaired) electrons. The molecule has 1 heterocycles. The first-order valence-corrected chi connectivity index (χ1v) is 9.83. The second kappa shape index (κ2) is 8.52. The first-order valence-electron chi connectivity index (χ1n) is 9.45. The van der Waals surface area contributed by atoms with Gasteiger partial charge in [-0.1, -0.05) is 78.3 Å². The fraction of sp³-hybridized carbons (Fsp3) is 0.125. The summed E-state index contributed by atoms with van der Waals surface area (Å²) in [5.41, 5.74) is 3.89. The van der Waals surface area contributed by atoms with Gasteiger partial charge in [0, 0.05) is 28.7 Å². The Bertz CT molecular complexity index is 1140. The van der Waals surface area contributed by atoms with Gasteiger partial charge in [0.25, 0.3) is 0 Å². The number of nitrogens with zero attached hydrogens (tertiary/aromatic N) is 1. The van der Waals surface area contributed by atoms with Crippen molar-refractivity contribution in [1.82, 2.24) is 9.88 Å². The number of carboxylic acids is 1. The van der Waals surface area contributed by atoms with Gasteiger partial charge in [0.2, 0.25) is 0 Å². The van der Waals surface area contributed by atoms with E-state index in [9.17, 15) is 9.90 Å². The molecule has 1 atom stereocenters. The van der Waals surface area contributed by atoms with Gasteiger partial charge in [-0.05, 0) is 28.8 Å². The van der Waals surface area contributed by atoms with Crippen LogP contribution in [0.4, 0.5) is 0 Å². The number of carboxylic acid groups (broad SMARTS) is 1. The molecule has 1 aromatic heterocycles. The minimum absolute atomic E-state index is 0.0143. The quantitative estimate of drug-likeness (QED) is 0.442. The largest absolute Gasteiger partial charge is 0.481 e. The van der Waals surface area contributed by atoms with E-state index in [1.807, 2.05) is 72.9 Å². The van der Waals surface area contributed by atoms with E-state index in [2.05, 4.69) is 22.0 Å². The van der Waals surface area contributed by atoms with Crippen LogP contribution in [0.5, 0.6) is 0 Å². The zero-order valence-electron chi connectivity index (χ0n) is 15.8. The predicted octanol–water partition coefficient (Wildman–Crippen LogP) is 5.26. The number of hydrogen-bond acceptors (Lipinski definition) is 2. The van der Waals surface area contributed by atoms with E-state index < -0.39 is 5.97 Å². The SMILES string of the molecule is O=C(O)Cc1cn(C(NCc2ccccc2Cl)c2ccccc2)c2ccccc12. The van der Waals surface area contributed by atoms with Crippen LogP contribution in [-0.4, -0.2) is 15.6 Å². The number of halogens is 1. The number of rotatable bonds is 7. The van der Waals surface area contributed by atoms with E-state index in [1.54, 1.807) is 0 Å². The minimum Gasteiger partial charge on any atom is -0.481 e. The summed E-state index contributed by atoms with van der Waals surface area (Å²) < 4.78 is 2.11. The van der Waals surface area contributed by atoms with Crippen molar-refractivity contribution < 1.29 is 9.90 Å². The number of hydrogen-bond donors (Lipinski definition) is 2. The standard InChI is InChI=1S/C24H21ClN2O2/c25-21-12-6-4-10-18(21)15-26-24(17-8-2-1-3-9-17)27-16-19(14-23(28)29)20-11-5-7-13-22(20)27/h1-13,16,24,26H,14-15H2,(H,28,29). The average Bonchev–Trinajstić information content (AvgIpc) is 3.08. The molecule has 4 nitrogen and oxygen atoms in total. The van der Waals surface area contributed by atoms with E-state index in [-0.39, 0.29) is 12.6 Å². The summed E-state index contributed by atoms with van der Waals surface area (Å²) in [6.45, 7) is 0.583. The zero-order valence-corrected chi connectivity index (χ0v) is 16.5. The van der Waals surface area contributed by atoms with Crippen LogP contribution < -0.4 is 5.32 Å². The number of carbonyl (C=O) groups is 1. The molecule has 0 spiro atoms. The van der Waals surface area contributed by atoms with E-state index in [1.165, 1.54) is 0 Å². The molecule has 4 aromatic rings. The van der Waals surface area contributed by atoms with Gasteiger partial charge in [-0.15, -0.1) is 0 Å². The highest BCUT2D eigenvalue weighted by Gasteiger charge is 2.19. The molecule has 0 saturated carbocycles. The van der Waals surface area contributed by atoms with Gasteiger partial charge in [-0.3, -0.25) is 10.1 Å². The predicted molar refractivity (Wildman–Crippen MR) is 116 cm³/mol. The summed E-state index contributed by atoms with van der Waals surface area (Å²) in [6, 6.07) is 25.8. The molecule has 146 valence electrons. The van der Waals surface area contributed by atoms with Crippen LogP contribution in [0, 0.1) is 0 Å². The summed E-state index contributed by atoms with van der Waals surface area (Å²) >= 11 is 6.34. The van der Waals surface area contributed by atoms with Crippen molar-refractivity contribution in [3.8, 4) is 0 Å². The molecule has 3 aromatic carbocycles. The number of aliphatic carboxylic acids is 1. The van der Waals surface area contributed by atoms with E-state index in [4.69, 9.17) is 11.6 Å². The van der Waals surface area contributed by atoms with Crippen molar-refractivity contribution in [2.24, 2.45) is 0 Å². The van der Waals surface area contributed by atoms with Gasteiger partial charge < -0.3 is 9.67 Å². The molecule has 4 rings (SSSR count). The second-order valence-corrected chi connectivity index (χ2v) is 7.34. The molecule has 1 unspecified atom stereocenters. The minimum atomic E-state index is -0.840. The van der Waals surface area contributed by atoms with Crippen LogP contribution in [0.15, 0.2) is 85.1 Å². The van der Waals surface area contributed by atoms with Crippen molar-refractivity contribution in [3.05, 3.63) is 107 Å². The van der Waals surface area contributed by atoms with Crippen LogP contribution in [0.25, 0.3) is 10.9 Å². The third-order valence-corrected chi connectivity index (χ3v) is 5.37. The smallest absolute Gasteiger partial charge is 0.307 e. The Hall–Kier alpha value is -3.08. The third-order valence-electron chi connectivity index (χ3n) is 5.00. The van der Waals surface area contributed by atoms with Crippen molar-refractivity contribution in [1.29, 1.82) is 0 Å². The van der Waals surface area contributed by atoms with Gasteiger partial charge in [-0.2, -0.15) is 0 Å². The molecule has 0 aliphatic rings. The lowest BCUT2D eigenvalue weighted by Crippen LogP contribution is -2.27. The summed E-state index contributed by atoms with van der Waals surface area (Å²) in [4.78, 5) is 11.4. The van der Waals surface area contributed by atoms with Crippen LogP contribution in [0.3, 0.4) is 0 Å². The van der Waals surface area contributed by atoms with E-state index in [0.717, 1.165) is 32.6 Å². The van der Waals surface area contributed by atoms with Crippen molar-refractivity contribution in [2.75, 3.05) is 0 Å². The van der Waals surface area contributed by atoms with Gasteiger partial charge in [0.05, 0.1) is 6.42 Å². The second-order valence-electron chi connectivity index (χ2n) is 6.93. The van der Waals surface area contributed by atoms with Crippen LogP contribution >= 0.6 is 11.6 Å². The first-order chi connectivity index (χ1) is 14.1. The highest BCUT2D eigenvalue weighted by atomic mass is 35.5. The normalized spacial score (nSPS) is 12.2. The number of para-hydroxylation sites is 1. The fourth-order valence-electron chi connectivity index (χ4n) is 3.66. The Kier molecular flexibility index (Phi) is 5.65. The molecular formula is C24H21ClN2O2. The maximum Gasteiger partial charge on any atom is 0.307 e. The number of fused-ring (bicyclic) bond motifs is 1. The van der Waals surface area contributed by atoms with Crippen molar-refractivity contribution in [3.63, 3.8) is 0 Å². The van der Waals surface area contributed by atoms with Crippen molar-refractivity contribution >= 4 is 28.5 Å². The summed E-state index contributed by atoms with van der Waals surface area (Å²) in [5, 5.41) is 14.6. The molecule has 0 amide bonds. The first kappa shape index (κ1) is 19.2. The highest BCUT2D eigenvalue weighted by molar-refractivity contribution is 6.31. The van der Waals surface area contributed by atoms with Crippen LogP contribution in [0.2, 0.25) is 5.02 Å². The lowest BCUT2D eigenvalue weighted by molar-refractivity contribution is -0.136. The molecule has 0 saturated heterocycles. The Balaban J connectivity index is 1.77. The monoisotopic (exact) mass is 404 g/mol. The van der Waals surface area contributed by atoms with E-state index in [0.29, 0.717) is 6.54 Å². The maximum absolute atomic E-state index is 11.4. The lowest BCUT2D eigenvalue weighted by Gasteiger charge is -2.23. The topological polar surface area (TPSA) is 54.3 Å². The summed E-state index contributed by atoms with van der Waals surface area (Å²) in [5.74, 6) is -0.840. The van der Waals surface area contributed by atoms with E-state index >= 15 is 0 Å². The van der Waals surface area contributed by atoms with Crippen LogP contribution in [-0.2, 0) is 17.8 Å². The van der Waals surface area contributed by atoms with Gasteiger partial charge in [0.15, 0.2) is 0 Å². The van der Waals surface area contributed by atoms with Gasteiger partial charge in [0.1, 0.15) is 6.17 Å². The third kappa shape index (κ3) is 4.19.